The number of aliphatic hydroxyl groups is 1. The molecule has 4 nitrogen and oxygen atoms in total. The van der Waals surface area contributed by atoms with E-state index in [2.05, 4.69) is 10.1 Å². The number of rotatable bonds is 1. The van der Waals surface area contributed by atoms with Crippen molar-refractivity contribution >= 4 is 5.52 Å². The van der Waals surface area contributed by atoms with E-state index in [1.807, 2.05) is 13.0 Å². The van der Waals surface area contributed by atoms with E-state index in [0.717, 1.165) is 16.8 Å². The molecule has 0 bridgehead atoms. The number of fused-ring (bicyclic) bond motifs is 1. The monoisotopic (exact) mass is 163 g/mol. The zero-order valence-corrected chi connectivity index (χ0v) is 6.73. The lowest BCUT2D eigenvalue weighted by Gasteiger charge is -1.92. The van der Waals surface area contributed by atoms with Crippen LogP contribution in [0.2, 0.25) is 0 Å². The highest BCUT2D eigenvalue weighted by Gasteiger charge is 2.06. The maximum absolute atomic E-state index is 9.03. The maximum atomic E-state index is 9.03. The van der Waals surface area contributed by atoms with Gasteiger partial charge in [0.1, 0.15) is 6.33 Å². The summed E-state index contributed by atoms with van der Waals surface area (Å²) in [5, 5.41) is 13.2. The van der Waals surface area contributed by atoms with Gasteiger partial charge >= 0.3 is 0 Å². The summed E-state index contributed by atoms with van der Waals surface area (Å²) in [6.45, 7) is 1.90. The van der Waals surface area contributed by atoms with E-state index in [0.29, 0.717) is 0 Å². The summed E-state index contributed by atoms with van der Waals surface area (Å²) in [5.41, 5.74) is 2.65. The predicted molar refractivity (Wildman–Crippen MR) is 43.6 cm³/mol. The molecule has 12 heavy (non-hydrogen) atoms. The van der Waals surface area contributed by atoms with E-state index < -0.39 is 0 Å². The van der Waals surface area contributed by atoms with E-state index in [1.165, 1.54) is 0 Å². The molecule has 4 heteroatoms. The number of aryl methyl sites for hydroxylation is 1. The van der Waals surface area contributed by atoms with Crippen molar-refractivity contribution in [2.45, 2.75) is 13.5 Å². The van der Waals surface area contributed by atoms with Gasteiger partial charge in [-0.25, -0.2) is 9.50 Å². The van der Waals surface area contributed by atoms with Crippen molar-refractivity contribution in [1.29, 1.82) is 0 Å². The van der Waals surface area contributed by atoms with Gasteiger partial charge in [0.15, 0.2) is 0 Å². The molecule has 2 heterocycles. The molecule has 0 aromatic carbocycles. The van der Waals surface area contributed by atoms with Crippen LogP contribution in [0.5, 0.6) is 0 Å². The second kappa shape index (κ2) is 2.57. The summed E-state index contributed by atoms with van der Waals surface area (Å²) in [5.74, 6) is 0. The van der Waals surface area contributed by atoms with Crippen LogP contribution in [0.3, 0.4) is 0 Å². The van der Waals surface area contributed by atoms with E-state index in [-0.39, 0.29) is 6.61 Å². The minimum Gasteiger partial charge on any atom is -0.392 e. The molecule has 0 amide bonds. The first-order chi connectivity index (χ1) is 5.83. The van der Waals surface area contributed by atoms with Gasteiger partial charge in [0.05, 0.1) is 17.8 Å². The highest BCUT2D eigenvalue weighted by molar-refractivity contribution is 5.54. The fraction of sp³-hybridized carbons (Fsp3) is 0.250. The summed E-state index contributed by atoms with van der Waals surface area (Å²) >= 11 is 0. The van der Waals surface area contributed by atoms with Gasteiger partial charge in [0.25, 0.3) is 0 Å². The Morgan fingerprint density at radius 2 is 2.42 bits per heavy atom. The Kier molecular flexibility index (Phi) is 1.55. The molecule has 0 saturated carbocycles. The second-order valence-electron chi connectivity index (χ2n) is 2.63. The lowest BCUT2D eigenvalue weighted by Crippen LogP contribution is -1.87. The van der Waals surface area contributed by atoms with E-state index in [4.69, 9.17) is 5.11 Å². The van der Waals surface area contributed by atoms with Crippen LogP contribution in [0.4, 0.5) is 0 Å². The fourth-order valence-electron chi connectivity index (χ4n) is 1.28. The number of aromatic nitrogens is 3. The molecule has 0 spiro atoms. The SMILES string of the molecule is Cc1nn2cnccc2c1CO. The molecule has 0 saturated heterocycles. The zero-order chi connectivity index (χ0) is 8.55. The summed E-state index contributed by atoms with van der Waals surface area (Å²) in [4.78, 5) is 3.92. The van der Waals surface area contributed by atoms with Crippen molar-refractivity contribution in [3.8, 4) is 0 Å². The van der Waals surface area contributed by atoms with Crippen molar-refractivity contribution in [3.63, 3.8) is 0 Å². The molecule has 62 valence electrons. The van der Waals surface area contributed by atoms with E-state index >= 15 is 0 Å². The Morgan fingerprint density at radius 1 is 1.58 bits per heavy atom. The minimum absolute atomic E-state index is 0.0271. The Hall–Kier alpha value is -1.42. The van der Waals surface area contributed by atoms with Crippen LogP contribution >= 0.6 is 0 Å². The number of nitrogens with zero attached hydrogens (tertiary/aromatic N) is 3. The van der Waals surface area contributed by atoms with Crippen molar-refractivity contribution < 1.29 is 5.11 Å². The largest absolute Gasteiger partial charge is 0.392 e. The summed E-state index contributed by atoms with van der Waals surface area (Å²) in [6, 6.07) is 1.84. The smallest absolute Gasteiger partial charge is 0.117 e. The number of hydrogen-bond donors (Lipinski definition) is 1. The molecule has 0 aliphatic carbocycles. The van der Waals surface area contributed by atoms with Crippen molar-refractivity contribution in [2.75, 3.05) is 0 Å². The molecule has 0 fully saturated rings. The topological polar surface area (TPSA) is 50.4 Å². The predicted octanol–water partition coefficient (Wildman–Crippen LogP) is 0.530. The molecule has 2 aromatic heterocycles. The van der Waals surface area contributed by atoms with Crippen LogP contribution in [-0.2, 0) is 6.61 Å². The number of aliphatic hydroxyl groups excluding tert-OH is 1. The first kappa shape index (κ1) is 7.24. The fourth-order valence-corrected chi connectivity index (χ4v) is 1.28. The molecule has 0 unspecified atom stereocenters. The third kappa shape index (κ3) is 0.887. The van der Waals surface area contributed by atoms with Crippen LogP contribution in [0.1, 0.15) is 11.3 Å². The third-order valence-electron chi connectivity index (χ3n) is 1.90. The highest BCUT2D eigenvalue weighted by Crippen LogP contribution is 2.13. The summed E-state index contributed by atoms with van der Waals surface area (Å²) < 4.78 is 1.67. The van der Waals surface area contributed by atoms with Crippen LogP contribution in [-0.4, -0.2) is 19.7 Å². The van der Waals surface area contributed by atoms with Gasteiger partial charge in [0, 0.05) is 11.8 Å². The van der Waals surface area contributed by atoms with E-state index in [1.54, 1.807) is 17.0 Å². The minimum atomic E-state index is 0.0271. The molecule has 0 aliphatic heterocycles. The zero-order valence-electron chi connectivity index (χ0n) is 6.73. The molecule has 0 radical (unpaired) electrons. The Balaban J connectivity index is 2.81. The normalized spacial score (nSPS) is 10.8. The van der Waals surface area contributed by atoms with Crippen molar-refractivity contribution in [2.24, 2.45) is 0 Å². The molecule has 2 rings (SSSR count). The van der Waals surface area contributed by atoms with Crippen LogP contribution in [0, 0.1) is 6.92 Å². The Labute approximate surface area is 69.5 Å². The quantitative estimate of drug-likeness (QED) is 0.667. The standard InChI is InChI=1S/C8H9N3O/c1-6-7(4-12)8-2-3-9-5-11(8)10-6/h2-3,5,12H,4H2,1H3. The van der Waals surface area contributed by atoms with Gasteiger partial charge in [-0.1, -0.05) is 0 Å². The van der Waals surface area contributed by atoms with Gasteiger partial charge in [-0.05, 0) is 13.0 Å². The first-order valence-corrected chi connectivity index (χ1v) is 3.71. The second-order valence-corrected chi connectivity index (χ2v) is 2.63. The highest BCUT2D eigenvalue weighted by atomic mass is 16.3. The first-order valence-electron chi connectivity index (χ1n) is 3.71. The molecule has 1 N–H and O–H groups in total. The number of hydrogen-bond acceptors (Lipinski definition) is 3. The lowest BCUT2D eigenvalue weighted by atomic mass is 10.2. The molecule has 2 aromatic rings. The van der Waals surface area contributed by atoms with Gasteiger partial charge in [-0.3, -0.25) is 0 Å². The van der Waals surface area contributed by atoms with Gasteiger partial charge < -0.3 is 5.11 Å². The average molecular weight is 163 g/mol. The van der Waals surface area contributed by atoms with Crippen LogP contribution < -0.4 is 0 Å². The third-order valence-corrected chi connectivity index (χ3v) is 1.90. The van der Waals surface area contributed by atoms with Crippen LogP contribution in [0.15, 0.2) is 18.6 Å². The van der Waals surface area contributed by atoms with Gasteiger partial charge in [-0.15, -0.1) is 0 Å². The maximum Gasteiger partial charge on any atom is 0.117 e. The molecule has 0 aliphatic rings. The molecular weight excluding hydrogens is 154 g/mol. The molecular formula is C8H9N3O. The van der Waals surface area contributed by atoms with Crippen LogP contribution in [0.25, 0.3) is 5.52 Å². The van der Waals surface area contributed by atoms with Gasteiger partial charge in [0.2, 0.25) is 0 Å². The van der Waals surface area contributed by atoms with E-state index in [9.17, 15) is 0 Å². The summed E-state index contributed by atoms with van der Waals surface area (Å²) in [7, 11) is 0. The lowest BCUT2D eigenvalue weighted by molar-refractivity contribution is 0.282. The van der Waals surface area contributed by atoms with Gasteiger partial charge in [-0.2, -0.15) is 5.10 Å². The molecule has 0 atom stereocenters. The average Bonchev–Trinajstić information content (AvgIpc) is 2.40. The Bertz CT molecular complexity index is 408. The Morgan fingerprint density at radius 3 is 3.17 bits per heavy atom. The summed E-state index contributed by atoms with van der Waals surface area (Å²) in [6.07, 6.45) is 3.32. The van der Waals surface area contributed by atoms with Crippen molar-refractivity contribution in [1.82, 2.24) is 14.6 Å². The van der Waals surface area contributed by atoms with Crippen molar-refractivity contribution in [3.05, 3.63) is 29.8 Å².